The van der Waals surface area contributed by atoms with E-state index in [1.807, 2.05) is 0 Å². The molecule has 3 amide bonds. The summed E-state index contributed by atoms with van der Waals surface area (Å²) < 4.78 is 39.0. The van der Waals surface area contributed by atoms with Gasteiger partial charge in [-0.25, -0.2) is 9.78 Å². The van der Waals surface area contributed by atoms with Gasteiger partial charge in [-0.15, -0.1) is 0 Å². The molecule has 3 saturated carbocycles. The Morgan fingerprint density at radius 1 is 1.24 bits per heavy atom. The first kappa shape index (κ1) is 25.3. The molecule has 4 atom stereocenters. The minimum Gasteiger partial charge on any atom is -0.383 e. The average molecular weight is 517 g/mol. The third-order valence-corrected chi connectivity index (χ3v) is 9.35. The van der Waals surface area contributed by atoms with Crippen molar-refractivity contribution < 1.29 is 22.8 Å². The summed E-state index contributed by atoms with van der Waals surface area (Å²) in [4.78, 5) is 35.7. The zero-order valence-electron chi connectivity index (χ0n) is 21.2. The first-order valence-corrected chi connectivity index (χ1v) is 12.4. The molecule has 4 aliphatic rings. The standard InChI is InChI=1S/C26H31F3N6O2/c1-14-8-9-16-11-25(14,23(16,2)3)24(4)13-35(22(37)34-24)21-31-12-18(19(30)33-21)20(36)32-17-7-5-6-15(10-17)26(27,28)29/h5-7,10,12,14,16H,8-9,11,13H2,1-4H3,(H,32,36)(H,34,37)(H2,30,31,33). The zero-order valence-corrected chi connectivity index (χ0v) is 21.2. The number of nitrogens with zero attached hydrogens (tertiary/aromatic N) is 3. The van der Waals surface area contributed by atoms with Gasteiger partial charge in [0.05, 0.1) is 17.6 Å². The van der Waals surface area contributed by atoms with Crippen molar-refractivity contribution in [2.45, 2.75) is 58.7 Å². The van der Waals surface area contributed by atoms with Gasteiger partial charge in [0.1, 0.15) is 11.4 Å². The molecule has 6 rings (SSSR count). The largest absolute Gasteiger partial charge is 0.416 e. The lowest BCUT2D eigenvalue weighted by Gasteiger charge is -2.73. The number of fused-ring (bicyclic) bond motifs is 2. The zero-order chi connectivity index (χ0) is 27.0. The summed E-state index contributed by atoms with van der Waals surface area (Å²) in [7, 11) is 0. The number of urea groups is 1. The van der Waals surface area contributed by atoms with E-state index in [4.69, 9.17) is 5.73 Å². The number of hydrogen-bond acceptors (Lipinski definition) is 5. The van der Waals surface area contributed by atoms with Crippen LogP contribution in [0.4, 0.5) is 35.4 Å². The van der Waals surface area contributed by atoms with Gasteiger partial charge in [0.15, 0.2) is 0 Å². The quantitative estimate of drug-likeness (QED) is 0.525. The maximum Gasteiger partial charge on any atom is 0.416 e. The second kappa shape index (κ2) is 8.06. The number of aromatic nitrogens is 2. The molecule has 1 aromatic heterocycles. The number of nitrogens with one attached hydrogen (secondary N) is 2. The van der Waals surface area contributed by atoms with Crippen LogP contribution in [0.5, 0.6) is 0 Å². The maximum absolute atomic E-state index is 13.1. The van der Waals surface area contributed by atoms with Crippen LogP contribution < -0.4 is 21.3 Å². The highest BCUT2D eigenvalue weighted by atomic mass is 19.4. The van der Waals surface area contributed by atoms with Gasteiger partial charge in [-0.2, -0.15) is 18.2 Å². The van der Waals surface area contributed by atoms with Gasteiger partial charge in [-0.1, -0.05) is 26.8 Å². The highest BCUT2D eigenvalue weighted by Crippen LogP contribution is 2.74. The smallest absolute Gasteiger partial charge is 0.383 e. The molecule has 3 aliphatic carbocycles. The molecule has 0 spiro atoms. The average Bonchev–Trinajstić information content (AvgIpc) is 3.13. The van der Waals surface area contributed by atoms with Crippen LogP contribution in [0.3, 0.4) is 0 Å². The number of amides is 3. The van der Waals surface area contributed by atoms with Gasteiger partial charge in [0.2, 0.25) is 5.95 Å². The molecule has 1 aliphatic heterocycles. The molecule has 11 heteroatoms. The Morgan fingerprint density at radius 3 is 2.59 bits per heavy atom. The van der Waals surface area contributed by atoms with Gasteiger partial charge in [0, 0.05) is 17.3 Å². The lowest BCUT2D eigenvalue weighted by atomic mass is 9.32. The van der Waals surface area contributed by atoms with Crippen LogP contribution in [0, 0.1) is 22.7 Å². The lowest BCUT2D eigenvalue weighted by Crippen LogP contribution is -2.74. The molecule has 37 heavy (non-hydrogen) atoms. The number of anilines is 3. The molecular formula is C26H31F3N6O2. The molecule has 8 nitrogen and oxygen atoms in total. The van der Waals surface area contributed by atoms with Crippen molar-refractivity contribution in [3.05, 3.63) is 41.6 Å². The number of carbonyl (C=O) groups excluding carboxylic acids is 2. The number of rotatable bonds is 4. The number of nitrogen functional groups attached to an aromatic ring is 1. The lowest BCUT2D eigenvalue weighted by molar-refractivity contribution is -0.231. The van der Waals surface area contributed by atoms with Crippen molar-refractivity contribution >= 4 is 29.4 Å². The summed E-state index contributed by atoms with van der Waals surface area (Å²) >= 11 is 0. The van der Waals surface area contributed by atoms with Gasteiger partial charge < -0.3 is 16.4 Å². The molecule has 2 aromatic rings. The number of alkyl halides is 3. The molecular weight excluding hydrogens is 485 g/mol. The normalized spacial score (nSPS) is 30.5. The first-order valence-electron chi connectivity index (χ1n) is 12.4. The van der Waals surface area contributed by atoms with Gasteiger partial charge in [-0.05, 0) is 61.6 Å². The van der Waals surface area contributed by atoms with Crippen molar-refractivity contribution in [1.82, 2.24) is 15.3 Å². The van der Waals surface area contributed by atoms with Crippen LogP contribution in [-0.4, -0.2) is 34.0 Å². The molecule has 4 unspecified atom stereocenters. The summed E-state index contributed by atoms with van der Waals surface area (Å²) in [5.41, 5.74) is 4.53. The topological polar surface area (TPSA) is 113 Å². The maximum atomic E-state index is 13.1. The van der Waals surface area contributed by atoms with Crippen molar-refractivity contribution in [3.63, 3.8) is 0 Å². The van der Waals surface area contributed by atoms with Crippen molar-refractivity contribution in [2.24, 2.45) is 22.7 Å². The predicted molar refractivity (Wildman–Crippen MR) is 133 cm³/mol. The number of halogens is 3. The molecule has 2 heterocycles. The molecule has 1 saturated heterocycles. The first-order chi connectivity index (χ1) is 17.2. The summed E-state index contributed by atoms with van der Waals surface area (Å²) in [5, 5.41) is 5.61. The minimum atomic E-state index is -4.54. The van der Waals surface area contributed by atoms with Crippen LogP contribution >= 0.6 is 0 Å². The Balaban J connectivity index is 1.36. The Morgan fingerprint density at radius 2 is 1.97 bits per heavy atom. The Hall–Kier alpha value is -3.37. The second-order valence-electron chi connectivity index (χ2n) is 11.4. The summed E-state index contributed by atoms with van der Waals surface area (Å²) in [6.07, 6.45) is 0.0315. The summed E-state index contributed by atoms with van der Waals surface area (Å²) in [5.74, 6) is 0.210. The molecule has 1 aromatic carbocycles. The highest BCUT2D eigenvalue weighted by molar-refractivity contribution is 6.07. The second-order valence-corrected chi connectivity index (χ2v) is 11.4. The van der Waals surface area contributed by atoms with Crippen molar-refractivity contribution in [2.75, 3.05) is 22.5 Å². The van der Waals surface area contributed by atoms with Gasteiger partial charge in [-0.3, -0.25) is 9.69 Å². The molecule has 4 N–H and O–H groups in total. The fourth-order valence-corrected chi connectivity index (χ4v) is 7.42. The monoisotopic (exact) mass is 516 g/mol. The summed E-state index contributed by atoms with van der Waals surface area (Å²) in [6, 6.07) is 3.95. The number of benzene rings is 1. The molecule has 0 radical (unpaired) electrons. The van der Waals surface area contributed by atoms with Crippen LogP contribution in [0.25, 0.3) is 0 Å². The van der Waals surface area contributed by atoms with E-state index in [0.29, 0.717) is 18.4 Å². The van der Waals surface area contributed by atoms with Crippen molar-refractivity contribution in [1.29, 1.82) is 0 Å². The molecule has 2 bridgehead atoms. The van der Waals surface area contributed by atoms with E-state index >= 15 is 0 Å². The number of carbonyl (C=O) groups is 2. The van der Waals surface area contributed by atoms with E-state index in [1.54, 1.807) is 0 Å². The fraction of sp³-hybridized carbons (Fsp3) is 0.538. The van der Waals surface area contributed by atoms with Crippen LogP contribution in [0.2, 0.25) is 0 Å². The van der Waals surface area contributed by atoms with Crippen LogP contribution in [0.1, 0.15) is 62.9 Å². The number of hydrogen-bond donors (Lipinski definition) is 3. The van der Waals surface area contributed by atoms with E-state index in [0.717, 1.165) is 25.0 Å². The van der Waals surface area contributed by atoms with Crippen LogP contribution in [-0.2, 0) is 6.18 Å². The third kappa shape index (κ3) is 3.65. The van der Waals surface area contributed by atoms with E-state index < -0.39 is 23.2 Å². The van der Waals surface area contributed by atoms with E-state index in [2.05, 4.69) is 48.3 Å². The van der Waals surface area contributed by atoms with Gasteiger partial charge >= 0.3 is 12.2 Å². The predicted octanol–water partition coefficient (Wildman–Crippen LogP) is 5.08. The molecule has 4 fully saturated rings. The van der Waals surface area contributed by atoms with E-state index in [9.17, 15) is 22.8 Å². The van der Waals surface area contributed by atoms with E-state index in [-0.39, 0.29) is 39.9 Å². The van der Waals surface area contributed by atoms with Crippen LogP contribution in [0.15, 0.2) is 30.5 Å². The minimum absolute atomic E-state index is 0.0414. The SMILES string of the molecule is CC1CCC2CC1(C1(C)CN(c3ncc(C(=O)Nc4cccc(C(F)(F)F)c4)c(N)n3)C(=O)N1)C2(C)C. The highest BCUT2D eigenvalue weighted by Gasteiger charge is 2.73. The summed E-state index contributed by atoms with van der Waals surface area (Å²) in [6.45, 7) is 9.31. The van der Waals surface area contributed by atoms with E-state index in [1.165, 1.54) is 29.7 Å². The van der Waals surface area contributed by atoms with Gasteiger partial charge in [0.25, 0.3) is 5.91 Å². The molecule has 198 valence electrons. The fourth-order valence-electron chi connectivity index (χ4n) is 7.42. The Labute approximate surface area is 213 Å². The van der Waals surface area contributed by atoms with Crippen molar-refractivity contribution in [3.8, 4) is 0 Å². The number of nitrogens with two attached hydrogens (primary N) is 1. The third-order valence-electron chi connectivity index (χ3n) is 9.35. The Bertz CT molecular complexity index is 1280. The Kier molecular flexibility index (Phi) is 5.51.